The normalized spacial score (nSPS) is 12.4. The zero-order valence-electron chi connectivity index (χ0n) is 18.7. The van der Waals surface area contributed by atoms with Crippen LogP contribution in [0.3, 0.4) is 0 Å². The molecular weight excluding hydrogens is 463 g/mol. The number of ether oxygens (including phenoxy) is 1. The van der Waals surface area contributed by atoms with Gasteiger partial charge in [-0.05, 0) is 53.6 Å². The molecule has 176 valence electrons. The SMILES string of the molecule is COc1ccc(C(CC(C)C)NC(=O)CN(c2ccccc2F)S(=O)(=O)c2cccs2)cc1. The zero-order valence-corrected chi connectivity index (χ0v) is 20.3. The Morgan fingerprint density at radius 3 is 2.36 bits per heavy atom. The molecule has 1 amide bonds. The first-order valence-electron chi connectivity index (χ1n) is 10.5. The van der Waals surface area contributed by atoms with E-state index in [1.807, 2.05) is 38.1 Å². The van der Waals surface area contributed by atoms with Crippen molar-refractivity contribution in [1.82, 2.24) is 5.32 Å². The predicted molar refractivity (Wildman–Crippen MR) is 129 cm³/mol. The summed E-state index contributed by atoms with van der Waals surface area (Å²) in [5.41, 5.74) is 0.697. The van der Waals surface area contributed by atoms with Gasteiger partial charge in [0, 0.05) is 0 Å². The average Bonchev–Trinajstić information content (AvgIpc) is 3.33. The van der Waals surface area contributed by atoms with E-state index in [9.17, 15) is 17.6 Å². The van der Waals surface area contributed by atoms with Gasteiger partial charge in [-0.3, -0.25) is 9.10 Å². The lowest BCUT2D eigenvalue weighted by Crippen LogP contribution is -2.42. The first-order valence-corrected chi connectivity index (χ1v) is 12.8. The fraction of sp³-hybridized carbons (Fsp3) is 0.292. The molecule has 1 aromatic heterocycles. The minimum absolute atomic E-state index is 0.0347. The lowest BCUT2D eigenvalue weighted by molar-refractivity contribution is -0.120. The predicted octanol–water partition coefficient (Wildman–Crippen LogP) is 4.99. The number of thiophene rings is 1. The van der Waals surface area contributed by atoms with E-state index in [-0.39, 0.29) is 21.9 Å². The van der Waals surface area contributed by atoms with Gasteiger partial charge in [-0.2, -0.15) is 0 Å². The molecule has 9 heteroatoms. The third kappa shape index (κ3) is 6.11. The van der Waals surface area contributed by atoms with E-state index < -0.39 is 28.3 Å². The van der Waals surface area contributed by atoms with Crippen LogP contribution in [0.5, 0.6) is 5.75 Å². The maximum absolute atomic E-state index is 14.6. The topological polar surface area (TPSA) is 75.7 Å². The van der Waals surface area contributed by atoms with E-state index in [1.165, 1.54) is 30.3 Å². The van der Waals surface area contributed by atoms with E-state index in [4.69, 9.17) is 4.74 Å². The van der Waals surface area contributed by atoms with Gasteiger partial charge in [-0.25, -0.2) is 12.8 Å². The molecule has 1 N–H and O–H groups in total. The van der Waals surface area contributed by atoms with Crippen LogP contribution in [0.4, 0.5) is 10.1 Å². The Kier molecular flexibility index (Phi) is 8.10. The van der Waals surface area contributed by atoms with Gasteiger partial charge in [0.15, 0.2) is 0 Å². The second-order valence-corrected chi connectivity index (χ2v) is 11.0. The second kappa shape index (κ2) is 10.8. The van der Waals surface area contributed by atoms with Gasteiger partial charge in [0.25, 0.3) is 10.0 Å². The summed E-state index contributed by atoms with van der Waals surface area (Å²) in [5, 5.41) is 4.55. The highest BCUT2D eigenvalue weighted by Gasteiger charge is 2.30. The van der Waals surface area contributed by atoms with Gasteiger partial charge in [0.05, 0.1) is 18.8 Å². The molecule has 0 saturated carbocycles. The van der Waals surface area contributed by atoms with E-state index >= 15 is 0 Å². The molecule has 0 aliphatic rings. The Morgan fingerprint density at radius 2 is 1.79 bits per heavy atom. The van der Waals surface area contributed by atoms with Crippen molar-refractivity contribution in [2.75, 3.05) is 18.0 Å². The van der Waals surface area contributed by atoms with Crippen molar-refractivity contribution in [3.63, 3.8) is 0 Å². The molecule has 3 rings (SSSR count). The fourth-order valence-corrected chi connectivity index (χ4v) is 5.96. The minimum atomic E-state index is -4.13. The molecule has 2 aromatic carbocycles. The van der Waals surface area contributed by atoms with Gasteiger partial charge < -0.3 is 10.1 Å². The molecule has 0 bridgehead atoms. The molecule has 1 unspecified atom stereocenters. The number of methoxy groups -OCH3 is 1. The number of carbonyl (C=O) groups is 1. The van der Waals surface area contributed by atoms with Crippen LogP contribution >= 0.6 is 11.3 Å². The molecule has 1 heterocycles. The maximum Gasteiger partial charge on any atom is 0.274 e. The summed E-state index contributed by atoms with van der Waals surface area (Å²) in [7, 11) is -2.55. The quantitative estimate of drug-likeness (QED) is 0.434. The fourth-order valence-electron chi connectivity index (χ4n) is 3.43. The number of benzene rings is 2. The number of para-hydroxylation sites is 1. The standard InChI is InChI=1S/C24H27FN2O4S2/c1-17(2)15-21(18-10-12-19(31-3)13-11-18)26-23(28)16-27(22-8-5-4-7-20(22)25)33(29,30)24-9-6-14-32-24/h4-14,17,21H,15-16H2,1-3H3,(H,26,28). The number of rotatable bonds is 10. The van der Waals surface area contributed by atoms with Crippen molar-refractivity contribution < 1.29 is 22.3 Å². The number of carbonyl (C=O) groups excluding carboxylic acids is 1. The molecule has 3 aromatic rings. The molecule has 6 nitrogen and oxygen atoms in total. The Morgan fingerprint density at radius 1 is 1.09 bits per heavy atom. The summed E-state index contributed by atoms with van der Waals surface area (Å²) in [5.74, 6) is -0.282. The smallest absolute Gasteiger partial charge is 0.274 e. The number of hydrogen-bond donors (Lipinski definition) is 1. The van der Waals surface area contributed by atoms with Gasteiger partial charge in [0.2, 0.25) is 5.91 Å². The van der Waals surface area contributed by atoms with E-state index in [0.29, 0.717) is 12.2 Å². The van der Waals surface area contributed by atoms with Crippen molar-refractivity contribution >= 4 is 33.0 Å². The largest absolute Gasteiger partial charge is 0.497 e. The molecule has 0 saturated heterocycles. The van der Waals surface area contributed by atoms with Crippen LogP contribution in [0, 0.1) is 11.7 Å². The molecule has 33 heavy (non-hydrogen) atoms. The van der Waals surface area contributed by atoms with Gasteiger partial charge in [-0.15, -0.1) is 11.3 Å². The van der Waals surface area contributed by atoms with Gasteiger partial charge in [0.1, 0.15) is 22.3 Å². The number of nitrogens with one attached hydrogen (secondary N) is 1. The van der Waals surface area contributed by atoms with Crippen molar-refractivity contribution in [2.24, 2.45) is 5.92 Å². The number of anilines is 1. The first kappa shape index (κ1) is 24.7. The van der Waals surface area contributed by atoms with Gasteiger partial charge >= 0.3 is 0 Å². The van der Waals surface area contributed by atoms with Crippen LogP contribution in [0.2, 0.25) is 0 Å². The highest BCUT2D eigenvalue weighted by atomic mass is 32.2. The Labute approximate surface area is 198 Å². The number of halogens is 1. The summed E-state index contributed by atoms with van der Waals surface area (Å²) in [4.78, 5) is 13.1. The highest BCUT2D eigenvalue weighted by molar-refractivity contribution is 7.94. The van der Waals surface area contributed by atoms with Crippen LogP contribution in [-0.4, -0.2) is 28.0 Å². The Hall–Kier alpha value is -2.91. The molecular formula is C24H27FN2O4S2. The highest BCUT2D eigenvalue weighted by Crippen LogP contribution is 2.29. The van der Waals surface area contributed by atoms with Crippen molar-refractivity contribution in [2.45, 2.75) is 30.5 Å². The van der Waals surface area contributed by atoms with Crippen LogP contribution in [0.15, 0.2) is 70.3 Å². The van der Waals surface area contributed by atoms with Crippen molar-refractivity contribution in [3.8, 4) is 5.75 Å². The van der Waals surface area contributed by atoms with Gasteiger partial charge in [-0.1, -0.05) is 44.2 Å². The van der Waals surface area contributed by atoms with Crippen molar-refractivity contribution in [3.05, 3.63) is 77.4 Å². The average molecular weight is 491 g/mol. The van der Waals surface area contributed by atoms with E-state index in [1.54, 1.807) is 18.6 Å². The molecule has 0 aliphatic heterocycles. The van der Waals surface area contributed by atoms with Crippen molar-refractivity contribution in [1.29, 1.82) is 0 Å². The summed E-state index contributed by atoms with van der Waals surface area (Å²) in [6, 6.07) is 15.6. The van der Waals surface area contributed by atoms with Crippen LogP contribution < -0.4 is 14.4 Å². The summed E-state index contributed by atoms with van der Waals surface area (Å²) in [6.45, 7) is 3.52. The number of sulfonamides is 1. The summed E-state index contributed by atoms with van der Waals surface area (Å²) < 4.78 is 47.2. The zero-order chi connectivity index (χ0) is 24.0. The molecule has 0 fully saturated rings. The van der Waals surface area contributed by atoms with Crippen LogP contribution in [-0.2, 0) is 14.8 Å². The lowest BCUT2D eigenvalue weighted by atomic mass is 9.97. The minimum Gasteiger partial charge on any atom is -0.497 e. The van der Waals surface area contributed by atoms with Crippen LogP contribution in [0.1, 0.15) is 31.9 Å². The number of hydrogen-bond acceptors (Lipinski definition) is 5. The Bertz CT molecular complexity index is 1160. The Balaban J connectivity index is 1.89. The molecule has 1 atom stereocenters. The first-order chi connectivity index (χ1) is 15.7. The molecule has 0 spiro atoms. The summed E-state index contributed by atoms with van der Waals surface area (Å²) >= 11 is 1.01. The summed E-state index contributed by atoms with van der Waals surface area (Å²) in [6.07, 6.45) is 0.648. The molecule has 0 radical (unpaired) electrons. The monoisotopic (exact) mass is 490 g/mol. The second-order valence-electron chi connectivity index (χ2n) is 7.92. The van der Waals surface area contributed by atoms with E-state index in [2.05, 4.69) is 5.32 Å². The molecule has 0 aliphatic carbocycles. The van der Waals surface area contributed by atoms with E-state index in [0.717, 1.165) is 21.2 Å². The number of nitrogens with zero attached hydrogens (tertiary/aromatic N) is 1. The lowest BCUT2D eigenvalue weighted by Gasteiger charge is -2.26. The van der Waals surface area contributed by atoms with Crippen LogP contribution in [0.25, 0.3) is 0 Å². The number of amides is 1. The third-order valence-corrected chi connectivity index (χ3v) is 8.14. The maximum atomic E-state index is 14.6. The third-order valence-electron chi connectivity index (χ3n) is 5.01.